The average molecular weight is 359 g/mol. The topological polar surface area (TPSA) is 39.2 Å². The number of ether oxygens (including phenoxy) is 1. The van der Waals surface area contributed by atoms with Gasteiger partial charge < -0.3 is 4.74 Å². The summed E-state index contributed by atoms with van der Waals surface area (Å²) in [5.41, 5.74) is -0.207. The molecule has 0 radical (unpaired) electrons. The lowest BCUT2D eigenvalue weighted by molar-refractivity contribution is 0.0592. The number of methoxy groups -OCH3 is 1. The van der Waals surface area contributed by atoms with E-state index in [1.807, 2.05) is 0 Å². The molecule has 1 aromatic rings. The molecule has 0 bridgehead atoms. The van der Waals surface area contributed by atoms with Crippen LogP contribution in [-0.2, 0) is 10.1 Å². The van der Waals surface area contributed by atoms with Gasteiger partial charge in [-0.15, -0.1) is 0 Å². The summed E-state index contributed by atoms with van der Waals surface area (Å²) in [7, 11) is 1.17. The van der Waals surface area contributed by atoms with Crippen LogP contribution in [0.2, 0.25) is 0 Å². The fourth-order valence-corrected chi connectivity index (χ4v) is 2.27. The van der Waals surface area contributed by atoms with Gasteiger partial charge in [-0.2, -0.15) is 0 Å². The summed E-state index contributed by atoms with van der Waals surface area (Å²) < 4.78 is 30.2. The molecule has 1 rings (SSSR count). The molecular weight excluding hydrogens is 352 g/mol. The van der Waals surface area contributed by atoms with Crippen LogP contribution in [0.3, 0.4) is 0 Å². The second kappa shape index (κ2) is 5.67. The van der Waals surface area contributed by atoms with Crippen molar-refractivity contribution >= 4 is 37.8 Å². The molecule has 88 valence electrons. The molecule has 0 aliphatic carbocycles. The van der Waals surface area contributed by atoms with E-state index in [0.717, 1.165) is 0 Å². The molecule has 0 spiro atoms. The van der Waals surface area contributed by atoms with Crippen molar-refractivity contribution in [3.05, 3.63) is 27.5 Å². The number of alkyl halides is 3. The van der Waals surface area contributed by atoms with Gasteiger partial charge >= 0.3 is 5.97 Å². The number of carbonyl (C=O) groups is 1. The lowest BCUT2D eigenvalue weighted by atomic mass is 10.1. The van der Waals surface area contributed by atoms with Crippen molar-refractivity contribution in [3.63, 3.8) is 0 Å². The third-order valence-corrected chi connectivity index (χ3v) is 3.10. The Morgan fingerprint density at radius 3 is 2.69 bits per heavy atom. The van der Waals surface area contributed by atoms with Gasteiger partial charge in [0.25, 0.3) is 6.43 Å². The molecule has 0 aliphatic rings. The van der Waals surface area contributed by atoms with E-state index in [9.17, 15) is 13.6 Å². The highest BCUT2D eigenvalue weighted by atomic mass is 79.9. The first-order valence-electron chi connectivity index (χ1n) is 4.12. The number of halogens is 4. The molecule has 0 N–H and O–H groups in total. The van der Waals surface area contributed by atoms with Crippen molar-refractivity contribution in [1.29, 1.82) is 0 Å². The average Bonchev–Trinajstić information content (AvgIpc) is 2.26. The van der Waals surface area contributed by atoms with Crippen molar-refractivity contribution in [3.8, 4) is 0 Å². The van der Waals surface area contributed by atoms with Gasteiger partial charge in [-0.05, 0) is 15.9 Å². The Hall–Kier alpha value is -0.560. The minimum absolute atomic E-state index is 0.0992. The number of aromatic nitrogens is 1. The Bertz CT molecular complexity index is 413. The van der Waals surface area contributed by atoms with E-state index in [-0.39, 0.29) is 26.6 Å². The Kier molecular flexibility index (Phi) is 4.79. The van der Waals surface area contributed by atoms with Gasteiger partial charge in [0, 0.05) is 27.1 Å². The van der Waals surface area contributed by atoms with Crippen LogP contribution in [0.1, 0.15) is 28.0 Å². The van der Waals surface area contributed by atoms with Gasteiger partial charge in [0.05, 0.1) is 7.11 Å². The highest BCUT2D eigenvalue weighted by Gasteiger charge is 2.23. The third kappa shape index (κ3) is 2.57. The van der Waals surface area contributed by atoms with Gasteiger partial charge in [-0.25, -0.2) is 18.6 Å². The second-order valence-corrected chi connectivity index (χ2v) is 4.19. The minimum Gasteiger partial charge on any atom is -0.464 e. The second-order valence-electron chi connectivity index (χ2n) is 2.77. The molecule has 0 saturated carbocycles. The molecule has 0 unspecified atom stereocenters. The normalized spacial score (nSPS) is 10.6. The van der Waals surface area contributed by atoms with Crippen molar-refractivity contribution in [2.45, 2.75) is 11.8 Å². The van der Waals surface area contributed by atoms with Gasteiger partial charge in [-0.1, -0.05) is 15.9 Å². The van der Waals surface area contributed by atoms with Crippen LogP contribution in [0.15, 0.2) is 10.7 Å². The van der Waals surface area contributed by atoms with E-state index in [0.29, 0.717) is 0 Å². The molecule has 1 aromatic heterocycles. The zero-order chi connectivity index (χ0) is 12.3. The molecule has 0 saturated heterocycles. The first-order chi connectivity index (χ1) is 7.52. The van der Waals surface area contributed by atoms with Crippen LogP contribution in [0.5, 0.6) is 0 Å². The Balaban J connectivity index is 3.42. The number of hydrogen-bond acceptors (Lipinski definition) is 3. The fourth-order valence-electron chi connectivity index (χ4n) is 1.18. The van der Waals surface area contributed by atoms with E-state index in [1.165, 1.54) is 13.3 Å². The first-order valence-corrected chi connectivity index (χ1v) is 6.04. The summed E-state index contributed by atoms with van der Waals surface area (Å²) in [4.78, 5) is 15.1. The maximum Gasteiger partial charge on any atom is 0.356 e. The maximum atomic E-state index is 12.8. The van der Waals surface area contributed by atoms with Crippen LogP contribution < -0.4 is 0 Å². The van der Waals surface area contributed by atoms with E-state index in [2.05, 4.69) is 41.6 Å². The van der Waals surface area contributed by atoms with Crippen molar-refractivity contribution in [2.75, 3.05) is 7.11 Å². The SMILES string of the molecule is COC(=O)c1ncc(Br)c(C(F)F)c1CBr. The fraction of sp³-hybridized carbons (Fsp3) is 0.333. The smallest absolute Gasteiger partial charge is 0.356 e. The zero-order valence-electron chi connectivity index (χ0n) is 8.14. The van der Waals surface area contributed by atoms with Crippen LogP contribution in [0.4, 0.5) is 8.78 Å². The summed E-state index contributed by atoms with van der Waals surface area (Å²) in [5, 5.41) is 0.101. The van der Waals surface area contributed by atoms with Crippen LogP contribution >= 0.6 is 31.9 Å². The third-order valence-electron chi connectivity index (χ3n) is 1.91. The van der Waals surface area contributed by atoms with Crippen molar-refractivity contribution < 1.29 is 18.3 Å². The lowest BCUT2D eigenvalue weighted by Crippen LogP contribution is -2.11. The quantitative estimate of drug-likeness (QED) is 0.613. The van der Waals surface area contributed by atoms with Crippen LogP contribution in [0, 0.1) is 0 Å². The molecule has 0 aromatic carbocycles. The van der Waals surface area contributed by atoms with Gasteiger partial charge in [0.2, 0.25) is 0 Å². The maximum absolute atomic E-state index is 12.8. The molecule has 16 heavy (non-hydrogen) atoms. The molecule has 0 aliphatic heterocycles. The molecule has 0 amide bonds. The first kappa shape index (κ1) is 13.5. The molecule has 7 heteroatoms. The van der Waals surface area contributed by atoms with E-state index >= 15 is 0 Å². The molecule has 0 atom stereocenters. The highest BCUT2D eigenvalue weighted by Crippen LogP contribution is 2.32. The standard InChI is InChI=1S/C9H7Br2F2NO2/c1-16-9(15)7-4(2-10)6(8(12)13)5(11)3-14-7/h3,8H,2H2,1H3. The zero-order valence-corrected chi connectivity index (χ0v) is 11.3. The van der Waals surface area contributed by atoms with Gasteiger partial charge in [0.15, 0.2) is 5.69 Å². The monoisotopic (exact) mass is 357 g/mol. The Morgan fingerprint density at radius 2 is 2.25 bits per heavy atom. The van der Waals surface area contributed by atoms with Crippen molar-refractivity contribution in [1.82, 2.24) is 4.98 Å². The van der Waals surface area contributed by atoms with Crippen LogP contribution in [-0.4, -0.2) is 18.1 Å². The summed E-state index contributed by atoms with van der Waals surface area (Å²) in [6.45, 7) is 0. The minimum atomic E-state index is -2.69. The summed E-state index contributed by atoms with van der Waals surface area (Å²) in [6.07, 6.45) is -1.52. The number of esters is 1. The predicted molar refractivity (Wildman–Crippen MR) is 60.9 cm³/mol. The molecule has 1 heterocycles. The van der Waals surface area contributed by atoms with E-state index in [4.69, 9.17) is 0 Å². The van der Waals surface area contributed by atoms with Crippen molar-refractivity contribution in [2.24, 2.45) is 0 Å². The molecule has 3 nitrogen and oxygen atoms in total. The largest absolute Gasteiger partial charge is 0.464 e. The number of nitrogens with zero attached hydrogens (tertiary/aromatic N) is 1. The number of hydrogen-bond donors (Lipinski definition) is 0. The predicted octanol–water partition coefficient (Wildman–Crippen LogP) is 3.46. The Morgan fingerprint density at radius 1 is 1.62 bits per heavy atom. The van der Waals surface area contributed by atoms with Gasteiger partial charge in [0.1, 0.15) is 0 Å². The molecular formula is C9H7Br2F2NO2. The van der Waals surface area contributed by atoms with Crippen LogP contribution in [0.25, 0.3) is 0 Å². The molecule has 0 fully saturated rings. The number of carbonyl (C=O) groups excluding carboxylic acids is 1. The lowest BCUT2D eigenvalue weighted by Gasteiger charge is -2.11. The number of rotatable bonds is 3. The van der Waals surface area contributed by atoms with Gasteiger partial charge in [-0.3, -0.25) is 0 Å². The number of pyridine rings is 1. The summed E-state index contributed by atoms with van der Waals surface area (Å²) in [6, 6.07) is 0. The van der Waals surface area contributed by atoms with E-state index < -0.39 is 12.4 Å². The summed E-state index contributed by atoms with van der Waals surface area (Å²) in [5.74, 6) is -0.733. The Labute approximate surface area is 107 Å². The summed E-state index contributed by atoms with van der Waals surface area (Å²) >= 11 is 6.04. The highest BCUT2D eigenvalue weighted by molar-refractivity contribution is 9.10. The van der Waals surface area contributed by atoms with E-state index in [1.54, 1.807) is 0 Å².